The zero-order chi connectivity index (χ0) is 18.4. The summed E-state index contributed by atoms with van der Waals surface area (Å²) in [4.78, 5) is 27.0. The summed E-state index contributed by atoms with van der Waals surface area (Å²) in [5, 5.41) is 5.66. The van der Waals surface area contributed by atoms with Gasteiger partial charge >= 0.3 is 6.03 Å². The molecule has 6 heteroatoms. The summed E-state index contributed by atoms with van der Waals surface area (Å²) in [5.41, 5.74) is 6.77. The van der Waals surface area contributed by atoms with Crippen molar-refractivity contribution in [3.05, 3.63) is 35.9 Å². The molecular weight excluding hydrogens is 316 g/mol. The predicted octanol–water partition coefficient (Wildman–Crippen LogP) is 1.71. The lowest BCUT2D eigenvalue weighted by atomic mass is 10.0. The first-order chi connectivity index (χ1) is 11.9. The van der Waals surface area contributed by atoms with Gasteiger partial charge in [0.2, 0.25) is 5.91 Å². The van der Waals surface area contributed by atoms with Gasteiger partial charge in [0.25, 0.3) is 0 Å². The largest absolute Gasteiger partial charge is 0.338 e. The van der Waals surface area contributed by atoms with Crippen LogP contribution >= 0.6 is 0 Å². The van der Waals surface area contributed by atoms with Crippen molar-refractivity contribution >= 4 is 11.9 Å². The lowest BCUT2D eigenvalue weighted by Crippen LogP contribution is -2.54. The van der Waals surface area contributed by atoms with Crippen LogP contribution in [-0.2, 0) is 11.3 Å². The number of carbonyl (C=O) groups excluding carboxylic acids is 2. The number of urea groups is 1. The lowest BCUT2D eigenvalue weighted by Gasteiger charge is -2.29. The van der Waals surface area contributed by atoms with E-state index in [0.29, 0.717) is 25.6 Å². The zero-order valence-corrected chi connectivity index (χ0v) is 15.4. The van der Waals surface area contributed by atoms with Crippen LogP contribution in [0.2, 0.25) is 0 Å². The van der Waals surface area contributed by atoms with Gasteiger partial charge in [0.15, 0.2) is 0 Å². The zero-order valence-electron chi connectivity index (χ0n) is 15.4. The Bertz CT molecular complexity index is 576. The average Bonchev–Trinajstić information content (AvgIpc) is 2.99. The van der Waals surface area contributed by atoms with E-state index in [2.05, 4.69) is 10.6 Å². The highest BCUT2D eigenvalue weighted by Crippen LogP contribution is 2.24. The summed E-state index contributed by atoms with van der Waals surface area (Å²) < 4.78 is 0. The summed E-state index contributed by atoms with van der Waals surface area (Å²) in [6.07, 6.45) is 0.924. The summed E-state index contributed by atoms with van der Waals surface area (Å²) in [7, 11) is 0. The van der Waals surface area contributed by atoms with Crippen molar-refractivity contribution in [1.29, 1.82) is 0 Å². The molecule has 4 N–H and O–H groups in total. The summed E-state index contributed by atoms with van der Waals surface area (Å²) in [5.74, 6) is 0.339. The Morgan fingerprint density at radius 1 is 1.28 bits per heavy atom. The van der Waals surface area contributed by atoms with Gasteiger partial charge in [0.1, 0.15) is 6.04 Å². The first-order valence-corrected chi connectivity index (χ1v) is 9.01. The number of hydrogen-bond acceptors (Lipinski definition) is 3. The lowest BCUT2D eigenvalue weighted by molar-refractivity contribution is -0.134. The molecule has 0 bridgehead atoms. The molecule has 1 aromatic rings. The molecule has 0 spiro atoms. The minimum Gasteiger partial charge on any atom is -0.338 e. The van der Waals surface area contributed by atoms with E-state index in [1.54, 1.807) is 0 Å². The van der Waals surface area contributed by atoms with Crippen molar-refractivity contribution in [1.82, 2.24) is 15.5 Å². The second kappa shape index (κ2) is 8.85. The molecule has 3 unspecified atom stereocenters. The third kappa shape index (κ3) is 5.19. The number of benzene rings is 1. The number of carbonyl (C=O) groups is 2. The second-order valence-electron chi connectivity index (χ2n) is 7.21. The van der Waals surface area contributed by atoms with Gasteiger partial charge in [0, 0.05) is 19.1 Å². The van der Waals surface area contributed by atoms with Crippen molar-refractivity contribution in [2.24, 2.45) is 17.6 Å². The van der Waals surface area contributed by atoms with Crippen molar-refractivity contribution in [3.63, 3.8) is 0 Å². The number of likely N-dealkylation sites (tertiary alicyclic amines) is 1. The van der Waals surface area contributed by atoms with Crippen LogP contribution in [-0.4, -0.2) is 42.0 Å². The minimum absolute atomic E-state index is 0.0131. The number of rotatable bonds is 6. The van der Waals surface area contributed by atoms with Crippen LogP contribution in [0.5, 0.6) is 0 Å². The number of nitrogens with zero attached hydrogens (tertiary/aromatic N) is 1. The van der Waals surface area contributed by atoms with Gasteiger partial charge in [-0.3, -0.25) is 4.79 Å². The third-order valence-corrected chi connectivity index (χ3v) is 4.79. The monoisotopic (exact) mass is 346 g/mol. The van der Waals surface area contributed by atoms with Gasteiger partial charge in [-0.25, -0.2) is 4.79 Å². The van der Waals surface area contributed by atoms with Gasteiger partial charge in [-0.05, 0) is 37.3 Å². The van der Waals surface area contributed by atoms with E-state index in [4.69, 9.17) is 5.73 Å². The van der Waals surface area contributed by atoms with E-state index >= 15 is 0 Å². The Labute approximate surface area is 150 Å². The molecule has 1 saturated heterocycles. The smallest absolute Gasteiger partial charge is 0.315 e. The second-order valence-corrected chi connectivity index (χ2v) is 7.21. The fourth-order valence-electron chi connectivity index (χ4n) is 3.28. The number of nitrogens with two attached hydrogens (primary N) is 1. The Balaban J connectivity index is 1.93. The summed E-state index contributed by atoms with van der Waals surface area (Å²) >= 11 is 0. The molecule has 0 saturated carbocycles. The fourth-order valence-corrected chi connectivity index (χ4v) is 3.28. The molecule has 25 heavy (non-hydrogen) atoms. The molecule has 1 aliphatic heterocycles. The van der Waals surface area contributed by atoms with Crippen molar-refractivity contribution in [2.45, 2.75) is 45.8 Å². The van der Waals surface area contributed by atoms with Crippen LogP contribution in [0.1, 0.15) is 32.8 Å². The molecule has 6 nitrogen and oxygen atoms in total. The normalized spacial score (nSPS) is 21.2. The highest BCUT2D eigenvalue weighted by molar-refractivity contribution is 5.87. The molecule has 1 aliphatic rings. The quantitative estimate of drug-likeness (QED) is 0.733. The van der Waals surface area contributed by atoms with Crippen molar-refractivity contribution in [3.8, 4) is 0 Å². The number of amides is 3. The van der Waals surface area contributed by atoms with E-state index in [9.17, 15) is 9.59 Å². The van der Waals surface area contributed by atoms with E-state index in [-0.39, 0.29) is 23.9 Å². The standard InChI is InChI=1S/C19H30N4O2/c1-13(2)17(18(24)23-12-16(10-20)9-14(23)3)22-19(25)21-11-15-7-5-4-6-8-15/h4-8,13-14,16-17H,9-12,20H2,1-3H3,(H2,21,22,25). The molecule has 3 amide bonds. The molecule has 0 radical (unpaired) electrons. The van der Waals surface area contributed by atoms with Crippen LogP contribution in [0.25, 0.3) is 0 Å². The Kier molecular flexibility index (Phi) is 6.82. The first kappa shape index (κ1) is 19.2. The molecule has 0 aliphatic carbocycles. The summed E-state index contributed by atoms with van der Waals surface area (Å²) in [6, 6.07) is 9.00. The van der Waals surface area contributed by atoms with Crippen molar-refractivity contribution in [2.75, 3.05) is 13.1 Å². The molecule has 138 valence electrons. The molecule has 0 aromatic heterocycles. The molecule has 1 aromatic carbocycles. The van der Waals surface area contributed by atoms with E-state index < -0.39 is 6.04 Å². The van der Waals surface area contributed by atoms with Crippen LogP contribution in [0, 0.1) is 11.8 Å². The summed E-state index contributed by atoms with van der Waals surface area (Å²) in [6.45, 7) is 7.63. The first-order valence-electron chi connectivity index (χ1n) is 9.01. The Hall–Kier alpha value is -2.08. The fraction of sp³-hybridized carbons (Fsp3) is 0.579. The maximum atomic E-state index is 12.9. The van der Waals surface area contributed by atoms with E-state index in [0.717, 1.165) is 12.0 Å². The number of nitrogens with one attached hydrogen (secondary N) is 2. The molecular formula is C19H30N4O2. The van der Waals surface area contributed by atoms with Gasteiger partial charge in [0.05, 0.1) is 0 Å². The molecule has 3 atom stereocenters. The predicted molar refractivity (Wildman–Crippen MR) is 98.8 cm³/mol. The number of hydrogen-bond donors (Lipinski definition) is 3. The average molecular weight is 346 g/mol. The highest BCUT2D eigenvalue weighted by Gasteiger charge is 2.36. The van der Waals surface area contributed by atoms with Crippen LogP contribution in [0.3, 0.4) is 0 Å². The molecule has 1 heterocycles. The molecule has 2 rings (SSSR count). The molecule has 1 fully saturated rings. The topological polar surface area (TPSA) is 87.5 Å². The van der Waals surface area contributed by atoms with Crippen LogP contribution in [0.15, 0.2) is 30.3 Å². The third-order valence-electron chi connectivity index (χ3n) is 4.79. The van der Waals surface area contributed by atoms with E-state index in [1.807, 2.05) is 56.0 Å². The van der Waals surface area contributed by atoms with Gasteiger partial charge in [-0.15, -0.1) is 0 Å². The van der Waals surface area contributed by atoms with Crippen LogP contribution in [0.4, 0.5) is 4.79 Å². The maximum Gasteiger partial charge on any atom is 0.315 e. The highest BCUT2D eigenvalue weighted by atomic mass is 16.2. The van der Waals surface area contributed by atoms with Crippen LogP contribution < -0.4 is 16.4 Å². The van der Waals surface area contributed by atoms with Gasteiger partial charge in [-0.1, -0.05) is 44.2 Å². The van der Waals surface area contributed by atoms with Gasteiger partial charge in [-0.2, -0.15) is 0 Å². The van der Waals surface area contributed by atoms with Gasteiger partial charge < -0.3 is 21.3 Å². The Morgan fingerprint density at radius 2 is 1.96 bits per heavy atom. The minimum atomic E-state index is -0.533. The maximum absolute atomic E-state index is 12.9. The van der Waals surface area contributed by atoms with E-state index in [1.165, 1.54) is 0 Å². The SMILES string of the molecule is CC(C)C(NC(=O)NCc1ccccc1)C(=O)N1CC(CN)CC1C. The Morgan fingerprint density at radius 3 is 2.52 bits per heavy atom. The van der Waals surface area contributed by atoms with Crippen molar-refractivity contribution < 1.29 is 9.59 Å².